The first-order valence-electron chi connectivity index (χ1n) is 9.08. The van der Waals surface area contributed by atoms with Crippen LogP contribution in [0, 0.1) is 5.92 Å². The van der Waals surface area contributed by atoms with E-state index in [0.29, 0.717) is 6.61 Å². The molecule has 1 saturated carbocycles. The first-order valence-corrected chi connectivity index (χ1v) is 9.08. The fourth-order valence-electron chi connectivity index (χ4n) is 3.44. The Morgan fingerprint density at radius 1 is 1.17 bits per heavy atom. The molecule has 1 fully saturated rings. The van der Waals surface area contributed by atoms with Crippen LogP contribution in [0.2, 0.25) is 0 Å². The molecule has 1 aliphatic rings. The minimum atomic E-state index is 0.613. The van der Waals surface area contributed by atoms with E-state index >= 15 is 0 Å². The van der Waals surface area contributed by atoms with Crippen LogP contribution < -0.4 is 4.74 Å². The van der Waals surface area contributed by atoms with Crippen LogP contribution in [-0.4, -0.2) is 9.78 Å². The third-order valence-electron chi connectivity index (χ3n) is 4.75. The molecule has 0 amide bonds. The Balaban J connectivity index is 1.63. The van der Waals surface area contributed by atoms with Gasteiger partial charge in [-0.1, -0.05) is 69.4 Å². The van der Waals surface area contributed by atoms with Gasteiger partial charge in [0.2, 0.25) is 5.88 Å². The summed E-state index contributed by atoms with van der Waals surface area (Å²) in [7, 11) is 0. The van der Waals surface area contributed by atoms with E-state index in [1.807, 2.05) is 6.07 Å². The lowest BCUT2D eigenvalue weighted by atomic mass is 10.0. The van der Waals surface area contributed by atoms with Crippen molar-refractivity contribution in [2.24, 2.45) is 5.92 Å². The van der Waals surface area contributed by atoms with E-state index in [-0.39, 0.29) is 0 Å². The number of aromatic nitrogens is 2. The predicted octanol–water partition coefficient (Wildman–Crippen LogP) is 4.99. The summed E-state index contributed by atoms with van der Waals surface area (Å²) in [6.45, 7) is 3.79. The predicted molar refractivity (Wildman–Crippen MR) is 93.6 cm³/mol. The Bertz CT molecular complexity index is 585. The summed E-state index contributed by atoms with van der Waals surface area (Å²) in [5, 5.41) is 4.76. The molecule has 0 unspecified atom stereocenters. The SMILES string of the molecule is CCCc1cc(OCc2ccccc2)n(CCC2CCCC2)n1. The molecular formula is C20H28N2O. The second-order valence-corrected chi connectivity index (χ2v) is 6.66. The fraction of sp³-hybridized carbons (Fsp3) is 0.550. The van der Waals surface area contributed by atoms with Gasteiger partial charge in [0.1, 0.15) is 6.61 Å². The molecule has 0 radical (unpaired) electrons. The number of aryl methyl sites for hydroxylation is 2. The number of rotatable bonds is 8. The summed E-state index contributed by atoms with van der Waals surface area (Å²) >= 11 is 0. The molecule has 1 heterocycles. The Morgan fingerprint density at radius 2 is 1.96 bits per heavy atom. The van der Waals surface area contributed by atoms with Crippen LogP contribution in [-0.2, 0) is 19.6 Å². The lowest BCUT2D eigenvalue weighted by Crippen LogP contribution is -2.08. The second-order valence-electron chi connectivity index (χ2n) is 6.66. The van der Waals surface area contributed by atoms with E-state index in [2.05, 4.69) is 41.9 Å². The maximum Gasteiger partial charge on any atom is 0.212 e. The van der Waals surface area contributed by atoms with Crippen molar-refractivity contribution in [3.05, 3.63) is 47.7 Å². The standard InChI is InChI=1S/C20H28N2O/c1-2-8-19-15-20(23-16-18-11-4-3-5-12-18)22(21-19)14-13-17-9-6-7-10-17/h3-5,11-12,15,17H,2,6-10,13-14,16H2,1H3. The Hall–Kier alpha value is -1.77. The molecule has 2 aromatic rings. The zero-order chi connectivity index (χ0) is 15.9. The molecule has 23 heavy (non-hydrogen) atoms. The van der Waals surface area contributed by atoms with Crippen LogP contribution in [0.15, 0.2) is 36.4 Å². The van der Waals surface area contributed by atoms with E-state index in [0.717, 1.165) is 36.9 Å². The molecule has 0 spiro atoms. The summed E-state index contributed by atoms with van der Waals surface area (Å²) < 4.78 is 8.16. The maximum atomic E-state index is 6.07. The molecule has 0 atom stereocenters. The highest BCUT2D eigenvalue weighted by molar-refractivity contribution is 5.19. The van der Waals surface area contributed by atoms with Gasteiger partial charge in [-0.15, -0.1) is 0 Å². The molecule has 124 valence electrons. The first-order chi connectivity index (χ1) is 11.3. The van der Waals surface area contributed by atoms with Gasteiger partial charge < -0.3 is 4.74 Å². The van der Waals surface area contributed by atoms with Gasteiger partial charge in [-0.05, 0) is 24.3 Å². The highest BCUT2D eigenvalue weighted by Crippen LogP contribution is 2.28. The lowest BCUT2D eigenvalue weighted by molar-refractivity contribution is 0.267. The van der Waals surface area contributed by atoms with Crippen LogP contribution in [0.25, 0.3) is 0 Å². The van der Waals surface area contributed by atoms with Crippen molar-refractivity contribution in [1.82, 2.24) is 9.78 Å². The van der Waals surface area contributed by atoms with Crippen molar-refractivity contribution in [3.8, 4) is 5.88 Å². The average molecular weight is 312 g/mol. The average Bonchev–Trinajstić information content (AvgIpc) is 3.22. The number of nitrogens with zero attached hydrogens (tertiary/aromatic N) is 2. The molecule has 3 nitrogen and oxygen atoms in total. The number of hydrogen-bond donors (Lipinski definition) is 0. The van der Waals surface area contributed by atoms with E-state index < -0.39 is 0 Å². The van der Waals surface area contributed by atoms with Crippen molar-refractivity contribution < 1.29 is 4.74 Å². The molecule has 0 saturated heterocycles. The quantitative estimate of drug-likeness (QED) is 0.686. The third-order valence-corrected chi connectivity index (χ3v) is 4.75. The normalized spacial score (nSPS) is 15.2. The van der Waals surface area contributed by atoms with Crippen LogP contribution in [0.4, 0.5) is 0 Å². The summed E-state index contributed by atoms with van der Waals surface area (Å²) in [6.07, 6.45) is 8.97. The van der Waals surface area contributed by atoms with Crippen molar-refractivity contribution in [1.29, 1.82) is 0 Å². The summed E-state index contributed by atoms with van der Waals surface area (Å²) in [5.74, 6) is 1.81. The molecule has 0 bridgehead atoms. The van der Waals surface area contributed by atoms with Gasteiger partial charge in [-0.2, -0.15) is 5.10 Å². The van der Waals surface area contributed by atoms with E-state index in [4.69, 9.17) is 9.84 Å². The minimum Gasteiger partial charge on any atom is -0.473 e. The topological polar surface area (TPSA) is 27.1 Å². The van der Waals surface area contributed by atoms with Crippen LogP contribution in [0.3, 0.4) is 0 Å². The van der Waals surface area contributed by atoms with E-state index in [1.54, 1.807) is 0 Å². The Labute approximate surface area is 139 Å². The van der Waals surface area contributed by atoms with Gasteiger partial charge in [0, 0.05) is 12.6 Å². The van der Waals surface area contributed by atoms with E-state index in [1.165, 1.54) is 37.7 Å². The Kier molecular flexibility index (Phi) is 5.73. The first kappa shape index (κ1) is 16.1. The van der Waals surface area contributed by atoms with Crippen molar-refractivity contribution in [2.45, 2.75) is 65.0 Å². The summed E-state index contributed by atoms with van der Waals surface area (Å²) in [5.41, 5.74) is 2.36. The van der Waals surface area contributed by atoms with Crippen molar-refractivity contribution in [3.63, 3.8) is 0 Å². The largest absolute Gasteiger partial charge is 0.473 e. The molecule has 0 N–H and O–H groups in total. The molecule has 3 rings (SSSR count). The van der Waals surface area contributed by atoms with Gasteiger partial charge in [-0.25, -0.2) is 4.68 Å². The fourth-order valence-corrected chi connectivity index (χ4v) is 3.44. The van der Waals surface area contributed by atoms with Crippen molar-refractivity contribution in [2.75, 3.05) is 0 Å². The lowest BCUT2D eigenvalue weighted by Gasteiger charge is -2.12. The van der Waals surface area contributed by atoms with Gasteiger partial charge >= 0.3 is 0 Å². The second kappa shape index (κ2) is 8.19. The number of hydrogen-bond acceptors (Lipinski definition) is 2. The Morgan fingerprint density at radius 3 is 2.70 bits per heavy atom. The monoisotopic (exact) mass is 312 g/mol. The molecule has 1 aliphatic carbocycles. The molecule has 1 aromatic carbocycles. The summed E-state index contributed by atoms with van der Waals surface area (Å²) in [4.78, 5) is 0. The number of benzene rings is 1. The zero-order valence-corrected chi connectivity index (χ0v) is 14.2. The van der Waals surface area contributed by atoms with Gasteiger partial charge in [-0.3, -0.25) is 0 Å². The molecule has 0 aliphatic heterocycles. The van der Waals surface area contributed by atoms with Crippen LogP contribution >= 0.6 is 0 Å². The van der Waals surface area contributed by atoms with Crippen LogP contribution in [0.1, 0.15) is 56.7 Å². The zero-order valence-electron chi connectivity index (χ0n) is 14.2. The van der Waals surface area contributed by atoms with E-state index in [9.17, 15) is 0 Å². The molecule has 1 aromatic heterocycles. The van der Waals surface area contributed by atoms with Gasteiger partial charge in [0.05, 0.1) is 5.69 Å². The summed E-state index contributed by atoms with van der Waals surface area (Å²) in [6, 6.07) is 12.5. The highest BCUT2D eigenvalue weighted by atomic mass is 16.5. The maximum absolute atomic E-state index is 6.07. The number of ether oxygens (including phenoxy) is 1. The highest BCUT2D eigenvalue weighted by Gasteiger charge is 2.16. The van der Waals surface area contributed by atoms with Gasteiger partial charge in [0.25, 0.3) is 0 Å². The minimum absolute atomic E-state index is 0.613. The van der Waals surface area contributed by atoms with Crippen molar-refractivity contribution >= 4 is 0 Å². The molecular weight excluding hydrogens is 284 g/mol. The van der Waals surface area contributed by atoms with Crippen LogP contribution in [0.5, 0.6) is 5.88 Å². The third kappa shape index (κ3) is 4.60. The van der Waals surface area contributed by atoms with Gasteiger partial charge in [0.15, 0.2) is 0 Å². The molecule has 3 heteroatoms. The smallest absolute Gasteiger partial charge is 0.212 e.